The molecule has 2 aliphatic rings. The first-order valence-electron chi connectivity index (χ1n) is 12.1. The summed E-state index contributed by atoms with van der Waals surface area (Å²) in [5, 5.41) is 4.26. The zero-order chi connectivity index (χ0) is 24.1. The van der Waals surface area contributed by atoms with Gasteiger partial charge in [-0.05, 0) is 61.4 Å². The number of hydrogen-bond acceptors (Lipinski definition) is 6. The normalized spacial score (nSPS) is 18.5. The topological polar surface area (TPSA) is 46.7 Å². The van der Waals surface area contributed by atoms with E-state index in [0.29, 0.717) is 0 Å². The van der Waals surface area contributed by atoms with Crippen LogP contribution in [-0.2, 0) is 0 Å². The lowest BCUT2D eigenvalue weighted by atomic mass is 9.90. The lowest BCUT2D eigenvalue weighted by molar-refractivity contribution is 0.624. The van der Waals surface area contributed by atoms with Crippen LogP contribution in [0.4, 0.5) is 28.7 Å². The Morgan fingerprint density at radius 1 is 0.657 bits per heavy atom. The van der Waals surface area contributed by atoms with E-state index in [-0.39, 0.29) is 12.1 Å². The van der Waals surface area contributed by atoms with Gasteiger partial charge in [0.2, 0.25) is 0 Å². The molecule has 0 saturated heterocycles. The van der Waals surface area contributed by atoms with Crippen molar-refractivity contribution in [2.45, 2.75) is 25.9 Å². The maximum absolute atomic E-state index is 5.30. The molecule has 35 heavy (non-hydrogen) atoms. The lowest BCUT2D eigenvalue weighted by Crippen LogP contribution is -2.30. The average Bonchev–Trinajstić information content (AvgIpc) is 3.40. The number of nitrogens with zero attached hydrogens (tertiary/aromatic N) is 4. The van der Waals surface area contributed by atoms with Crippen LogP contribution in [0.25, 0.3) is 11.1 Å². The summed E-state index contributed by atoms with van der Waals surface area (Å²) >= 11 is 0. The summed E-state index contributed by atoms with van der Waals surface area (Å²) in [6.07, 6.45) is 0. The summed E-state index contributed by atoms with van der Waals surface area (Å²) in [6.45, 7) is 4.44. The molecule has 0 spiro atoms. The molecule has 0 amide bonds. The van der Waals surface area contributed by atoms with Gasteiger partial charge in [-0.3, -0.25) is 10.0 Å². The Morgan fingerprint density at radius 3 is 1.54 bits per heavy atom. The number of anilines is 5. The van der Waals surface area contributed by atoms with Crippen LogP contribution in [0.1, 0.15) is 37.1 Å². The first kappa shape index (κ1) is 21.6. The Bertz CT molecular complexity index is 1270. The van der Waals surface area contributed by atoms with E-state index in [1.165, 1.54) is 27.9 Å². The highest BCUT2D eigenvalue weighted by molar-refractivity contribution is 5.87. The summed E-state index contributed by atoms with van der Waals surface area (Å²) in [6, 6.07) is 29.9. The van der Waals surface area contributed by atoms with E-state index in [2.05, 4.69) is 127 Å². The minimum Gasteiger partial charge on any atom is -0.378 e. The number of hydrogen-bond donors (Lipinski definition) is 2. The number of aromatic nitrogens is 1. The van der Waals surface area contributed by atoms with Crippen molar-refractivity contribution in [2.75, 3.05) is 29.0 Å². The third-order valence-electron chi connectivity index (χ3n) is 6.87. The smallest absolute Gasteiger partial charge is 0.155 e. The minimum atomic E-state index is 0.115. The first-order valence-corrected chi connectivity index (χ1v) is 12.1. The third kappa shape index (κ3) is 3.53. The molecule has 2 unspecified atom stereocenters. The fraction of sp³-hybridized carbons (Fsp3) is 0.207. The number of benzene rings is 3. The Kier molecular flexibility index (Phi) is 5.20. The van der Waals surface area contributed by atoms with E-state index in [0.717, 1.165) is 23.0 Å². The molecule has 0 aliphatic carbocycles. The highest BCUT2D eigenvalue weighted by Crippen LogP contribution is 2.50. The van der Waals surface area contributed by atoms with Gasteiger partial charge in [-0.15, -0.1) is 0 Å². The van der Waals surface area contributed by atoms with Crippen molar-refractivity contribution >= 4 is 28.7 Å². The largest absolute Gasteiger partial charge is 0.378 e. The van der Waals surface area contributed by atoms with Gasteiger partial charge in [-0.1, -0.05) is 48.5 Å². The van der Waals surface area contributed by atoms with Crippen molar-refractivity contribution in [1.29, 1.82) is 0 Å². The van der Waals surface area contributed by atoms with E-state index < -0.39 is 0 Å². The van der Waals surface area contributed by atoms with Gasteiger partial charge in [0, 0.05) is 30.9 Å². The van der Waals surface area contributed by atoms with Crippen molar-refractivity contribution in [1.82, 2.24) is 15.8 Å². The SMILES string of the molecule is CC1NN(c2ccccc2)c2nc3c(c(-c4ccc(N(C)C)cc4)c21)C(C)NN3c1ccccc1. The molecular weight excluding hydrogens is 432 g/mol. The summed E-state index contributed by atoms with van der Waals surface area (Å²) < 4.78 is 0. The Morgan fingerprint density at radius 2 is 1.11 bits per heavy atom. The Balaban J connectivity index is 1.61. The van der Waals surface area contributed by atoms with Crippen molar-refractivity contribution in [3.63, 3.8) is 0 Å². The second-order valence-electron chi connectivity index (χ2n) is 9.45. The van der Waals surface area contributed by atoms with Gasteiger partial charge in [-0.25, -0.2) is 15.8 Å². The monoisotopic (exact) mass is 462 g/mol. The predicted molar refractivity (Wildman–Crippen MR) is 144 cm³/mol. The molecular formula is C29H30N6. The van der Waals surface area contributed by atoms with Gasteiger partial charge in [-0.2, -0.15) is 0 Å². The van der Waals surface area contributed by atoms with E-state index >= 15 is 0 Å². The van der Waals surface area contributed by atoms with Crippen molar-refractivity contribution < 1.29 is 0 Å². The lowest BCUT2D eigenvalue weighted by Gasteiger charge is -2.23. The van der Waals surface area contributed by atoms with E-state index in [1.54, 1.807) is 0 Å². The van der Waals surface area contributed by atoms with Crippen molar-refractivity contribution in [3.8, 4) is 11.1 Å². The summed E-state index contributed by atoms with van der Waals surface area (Å²) in [5.41, 5.74) is 15.6. The molecule has 0 bridgehead atoms. The summed E-state index contributed by atoms with van der Waals surface area (Å²) in [5.74, 6) is 1.90. The molecule has 6 heteroatoms. The second kappa shape index (κ2) is 8.41. The van der Waals surface area contributed by atoms with Crippen LogP contribution >= 0.6 is 0 Å². The maximum atomic E-state index is 5.30. The van der Waals surface area contributed by atoms with Crippen LogP contribution in [0.5, 0.6) is 0 Å². The number of pyridine rings is 1. The molecule has 2 aliphatic heterocycles. The molecule has 0 fully saturated rings. The van der Waals surface area contributed by atoms with Gasteiger partial charge in [0.1, 0.15) is 0 Å². The molecule has 2 N–H and O–H groups in total. The van der Waals surface area contributed by atoms with Crippen LogP contribution in [-0.4, -0.2) is 19.1 Å². The molecule has 3 heterocycles. The zero-order valence-corrected chi connectivity index (χ0v) is 20.5. The van der Waals surface area contributed by atoms with Crippen LogP contribution in [0, 0.1) is 0 Å². The average molecular weight is 463 g/mol. The highest BCUT2D eigenvalue weighted by atomic mass is 15.6. The fourth-order valence-electron chi connectivity index (χ4n) is 5.17. The molecule has 0 saturated carbocycles. The van der Waals surface area contributed by atoms with Crippen LogP contribution < -0.4 is 25.8 Å². The molecule has 1 aromatic heterocycles. The van der Waals surface area contributed by atoms with E-state index in [1.807, 2.05) is 12.1 Å². The molecule has 3 aromatic carbocycles. The number of nitrogens with one attached hydrogen (secondary N) is 2. The first-order chi connectivity index (χ1) is 17.0. The van der Waals surface area contributed by atoms with Gasteiger partial charge in [0.15, 0.2) is 11.6 Å². The van der Waals surface area contributed by atoms with Gasteiger partial charge in [0.25, 0.3) is 0 Å². The number of rotatable bonds is 4. The highest BCUT2D eigenvalue weighted by Gasteiger charge is 2.39. The third-order valence-corrected chi connectivity index (χ3v) is 6.87. The second-order valence-corrected chi connectivity index (χ2v) is 9.45. The number of hydrazine groups is 2. The molecule has 6 rings (SSSR count). The predicted octanol–water partition coefficient (Wildman–Crippen LogP) is 6.25. The molecule has 176 valence electrons. The van der Waals surface area contributed by atoms with E-state index in [9.17, 15) is 0 Å². The summed E-state index contributed by atoms with van der Waals surface area (Å²) in [4.78, 5) is 7.43. The molecule has 0 radical (unpaired) electrons. The van der Waals surface area contributed by atoms with Crippen molar-refractivity contribution in [2.24, 2.45) is 0 Å². The molecule has 4 aromatic rings. The summed E-state index contributed by atoms with van der Waals surface area (Å²) in [7, 11) is 4.15. The van der Waals surface area contributed by atoms with Crippen molar-refractivity contribution in [3.05, 3.63) is 96.1 Å². The fourth-order valence-corrected chi connectivity index (χ4v) is 5.17. The quantitative estimate of drug-likeness (QED) is 0.374. The van der Waals surface area contributed by atoms with Gasteiger partial charge in [0.05, 0.1) is 23.5 Å². The number of fused-ring (bicyclic) bond motifs is 2. The Labute approximate surface area is 206 Å². The zero-order valence-electron chi connectivity index (χ0n) is 20.5. The molecule has 6 nitrogen and oxygen atoms in total. The minimum absolute atomic E-state index is 0.115. The molecule has 2 atom stereocenters. The number of para-hydroxylation sites is 2. The van der Waals surface area contributed by atoms with Gasteiger partial charge >= 0.3 is 0 Å². The van der Waals surface area contributed by atoms with Gasteiger partial charge < -0.3 is 4.90 Å². The Hall–Kier alpha value is -3.87. The maximum Gasteiger partial charge on any atom is 0.155 e. The van der Waals surface area contributed by atoms with Crippen LogP contribution in [0.2, 0.25) is 0 Å². The standard InChI is InChI=1S/C29H30N6/c1-19-25-27(21-15-17-22(18-16-21)33(3)4)26-20(2)32-35(24-13-9-6-10-14-24)29(26)30-28(25)34(31-19)23-11-7-5-8-12-23/h5-20,31-32H,1-4H3. The van der Waals surface area contributed by atoms with E-state index in [4.69, 9.17) is 4.98 Å². The van der Waals surface area contributed by atoms with Crippen LogP contribution in [0.15, 0.2) is 84.9 Å². The van der Waals surface area contributed by atoms with Crippen LogP contribution in [0.3, 0.4) is 0 Å².